The van der Waals surface area contributed by atoms with Gasteiger partial charge in [-0.15, -0.1) is 0 Å². The van der Waals surface area contributed by atoms with E-state index in [1.165, 1.54) is 16.7 Å². The highest BCUT2D eigenvalue weighted by molar-refractivity contribution is 6.32. The third-order valence-electron chi connectivity index (χ3n) is 4.97. The number of oxazole rings is 1. The van der Waals surface area contributed by atoms with Gasteiger partial charge in [0.15, 0.2) is 5.58 Å². The van der Waals surface area contributed by atoms with Crippen LogP contribution in [-0.2, 0) is 16.1 Å². The number of nitrogens with zero attached hydrogens (tertiary/aromatic N) is 2. The van der Waals surface area contributed by atoms with Crippen molar-refractivity contribution in [3.63, 3.8) is 0 Å². The third kappa shape index (κ3) is 8.39. The molecule has 12 heteroatoms. The molecule has 190 valence electrons. The topological polar surface area (TPSA) is 184 Å². The van der Waals surface area contributed by atoms with Crippen LogP contribution in [0.25, 0.3) is 11.1 Å². The zero-order chi connectivity index (χ0) is 26.0. The maximum Gasteiger partial charge on any atom is 0.419 e. The average Bonchev–Trinajstić information content (AvgIpc) is 3.12. The van der Waals surface area contributed by atoms with Gasteiger partial charge in [-0.05, 0) is 44.5 Å². The molecule has 0 aliphatic carbocycles. The maximum absolute atomic E-state index is 11.9. The van der Waals surface area contributed by atoms with Crippen LogP contribution in [0.5, 0.6) is 5.75 Å². The van der Waals surface area contributed by atoms with Crippen molar-refractivity contribution in [1.82, 2.24) is 9.55 Å². The van der Waals surface area contributed by atoms with Gasteiger partial charge < -0.3 is 30.8 Å². The van der Waals surface area contributed by atoms with E-state index in [1.807, 2.05) is 25.1 Å². The number of carboxylic acid groups (broad SMARTS) is 2. The van der Waals surface area contributed by atoms with Crippen molar-refractivity contribution in [1.29, 1.82) is 0 Å². The molecule has 0 saturated carbocycles. The van der Waals surface area contributed by atoms with Crippen LogP contribution in [0, 0.1) is 0 Å². The molecule has 35 heavy (non-hydrogen) atoms. The van der Waals surface area contributed by atoms with E-state index in [2.05, 4.69) is 4.98 Å². The number of hydrogen-bond donors (Lipinski definition) is 4. The Morgan fingerprint density at radius 2 is 2.00 bits per heavy atom. The van der Waals surface area contributed by atoms with Crippen LogP contribution in [0.4, 0.5) is 0 Å². The summed E-state index contributed by atoms with van der Waals surface area (Å²) < 4.78 is 12.2. The van der Waals surface area contributed by atoms with Gasteiger partial charge in [-0.2, -0.15) is 0 Å². The zero-order valence-corrected chi connectivity index (χ0v) is 20.0. The number of aryl methyl sites for hydroxylation is 1. The number of unbranched alkanes of at least 4 members (excludes halogenated alkanes) is 1. The zero-order valence-electron chi connectivity index (χ0n) is 19.2. The Morgan fingerprint density at radius 1 is 1.26 bits per heavy atom. The highest BCUT2D eigenvalue weighted by atomic mass is 35.5. The van der Waals surface area contributed by atoms with Crippen LogP contribution in [0.2, 0.25) is 5.02 Å². The molecule has 1 aromatic carbocycles. The van der Waals surface area contributed by atoms with Crippen LogP contribution >= 0.6 is 11.6 Å². The predicted octanol–water partition coefficient (Wildman–Crippen LogP) is 2.78. The molecule has 2 aromatic heterocycles. The van der Waals surface area contributed by atoms with Gasteiger partial charge in [-0.3, -0.25) is 19.1 Å². The molecule has 2 heterocycles. The minimum atomic E-state index is -1.00. The SMILES string of the molecule is C[C@@H](Oc1cc2oc(=O)n(CCC(=O)O)c2cc1Cl)c1ccccn1.NCCCC[C@H](N)C(=O)O. The molecule has 0 saturated heterocycles. The number of pyridine rings is 1. The standard InChI is InChI=1S/C17H15ClN2O5.C6H14N2O2/c1-10(12-4-2-3-6-19-12)24-14-9-15-13(8-11(14)18)20(17(23)25-15)7-5-16(21)22;7-4-2-1-3-5(8)6(9)10/h2-4,6,8-10H,5,7H2,1H3,(H,21,22);5H,1-4,7-8H2,(H,9,10)/t10-;5-/m10/s1. The first kappa shape index (κ1) is 27.8. The lowest BCUT2D eigenvalue weighted by Crippen LogP contribution is -2.29. The van der Waals surface area contributed by atoms with Crippen molar-refractivity contribution >= 4 is 34.6 Å². The summed E-state index contributed by atoms with van der Waals surface area (Å²) in [5, 5.41) is 17.4. The van der Waals surface area contributed by atoms with Gasteiger partial charge in [0.25, 0.3) is 0 Å². The first-order valence-corrected chi connectivity index (χ1v) is 11.3. The molecular weight excluding hydrogens is 480 g/mol. The lowest BCUT2D eigenvalue weighted by molar-refractivity contribution is -0.139. The summed E-state index contributed by atoms with van der Waals surface area (Å²) in [4.78, 5) is 37.0. The summed E-state index contributed by atoms with van der Waals surface area (Å²) in [5.74, 6) is -2.22. The lowest BCUT2D eigenvalue weighted by Gasteiger charge is -2.15. The number of fused-ring (bicyclic) bond motifs is 1. The molecular formula is C23H29ClN4O7. The van der Waals surface area contributed by atoms with Crippen molar-refractivity contribution in [2.75, 3.05) is 6.54 Å². The van der Waals surface area contributed by atoms with E-state index in [0.29, 0.717) is 29.3 Å². The maximum atomic E-state index is 11.9. The fourth-order valence-corrected chi connectivity index (χ4v) is 3.28. The highest BCUT2D eigenvalue weighted by Gasteiger charge is 2.17. The lowest BCUT2D eigenvalue weighted by atomic mass is 10.1. The fourth-order valence-electron chi connectivity index (χ4n) is 3.07. The molecule has 3 rings (SSSR count). The summed E-state index contributed by atoms with van der Waals surface area (Å²) in [5.41, 5.74) is 11.9. The number of benzene rings is 1. The number of aromatic nitrogens is 2. The summed E-state index contributed by atoms with van der Waals surface area (Å²) >= 11 is 6.26. The number of aliphatic carboxylic acids is 2. The Hall–Kier alpha value is -3.41. The first-order valence-electron chi connectivity index (χ1n) is 10.9. The number of carbonyl (C=O) groups is 2. The molecule has 0 bridgehead atoms. The van der Waals surface area contributed by atoms with Crippen LogP contribution in [0.15, 0.2) is 45.7 Å². The third-order valence-corrected chi connectivity index (χ3v) is 5.26. The van der Waals surface area contributed by atoms with Gasteiger partial charge in [0.1, 0.15) is 17.9 Å². The second kappa shape index (κ2) is 13.5. The number of nitrogens with two attached hydrogens (primary N) is 2. The molecule has 3 aromatic rings. The van der Waals surface area contributed by atoms with E-state index in [9.17, 15) is 14.4 Å². The molecule has 11 nitrogen and oxygen atoms in total. The van der Waals surface area contributed by atoms with Gasteiger partial charge in [-0.1, -0.05) is 24.1 Å². The van der Waals surface area contributed by atoms with Crippen molar-refractivity contribution in [2.24, 2.45) is 11.5 Å². The van der Waals surface area contributed by atoms with E-state index in [4.69, 9.17) is 42.4 Å². The number of carboxylic acids is 2. The van der Waals surface area contributed by atoms with E-state index >= 15 is 0 Å². The molecule has 0 radical (unpaired) electrons. The van der Waals surface area contributed by atoms with E-state index in [1.54, 1.807) is 6.20 Å². The number of ether oxygens (including phenoxy) is 1. The highest BCUT2D eigenvalue weighted by Crippen LogP contribution is 2.32. The predicted molar refractivity (Wildman–Crippen MR) is 130 cm³/mol. The van der Waals surface area contributed by atoms with Crippen molar-refractivity contribution in [3.05, 3.63) is 57.8 Å². The number of halogens is 1. The van der Waals surface area contributed by atoms with Crippen LogP contribution < -0.4 is 22.0 Å². The van der Waals surface area contributed by atoms with Crippen molar-refractivity contribution < 1.29 is 29.0 Å². The number of hydrogen-bond acceptors (Lipinski definition) is 8. The second-order valence-electron chi connectivity index (χ2n) is 7.66. The Labute approximate surface area is 206 Å². The summed E-state index contributed by atoms with van der Waals surface area (Å²) in [6.07, 6.45) is 3.29. The summed E-state index contributed by atoms with van der Waals surface area (Å²) in [7, 11) is 0. The van der Waals surface area contributed by atoms with Crippen LogP contribution in [-0.4, -0.2) is 44.3 Å². The Morgan fingerprint density at radius 3 is 2.60 bits per heavy atom. The first-order chi connectivity index (χ1) is 16.6. The minimum Gasteiger partial charge on any atom is -0.483 e. The minimum absolute atomic E-state index is 0.00202. The van der Waals surface area contributed by atoms with Crippen LogP contribution in [0.1, 0.15) is 44.4 Å². The molecule has 0 unspecified atom stereocenters. The molecule has 6 N–H and O–H groups in total. The van der Waals surface area contributed by atoms with Gasteiger partial charge in [-0.25, -0.2) is 4.79 Å². The Balaban J connectivity index is 0.000000367. The second-order valence-corrected chi connectivity index (χ2v) is 8.06. The smallest absolute Gasteiger partial charge is 0.419 e. The van der Waals surface area contributed by atoms with Gasteiger partial charge in [0.2, 0.25) is 0 Å². The van der Waals surface area contributed by atoms with E-state index in [0.717, 1.165) is 18.5 Å². The normalized spacial score (nSPS) is 12.5. The Kier molecular flexibility index (Phi) is 10.7. The van der Waals surface area contributed by atoms with E-state index in [-0.39, 0.29) is 24.7 Å². The van der Waals surface area contributed by atoms with E-state index < -0.39 is 23.7 Å². The van der Waals surface area contributed by atoms with Crippen molar-refractivity contribution in [3.8, 4) is 5.75 Å². The Bertz CT molecular complexity index is 1180. The molecule has 0 fully saturated rings. The summed E-state index contributed by atoms with van der Waals surface area (Å²) in [6.45, 7) is 2.44. The molecule has 2 atom stereocenters. The fraction of sp³-hybridized carbons (Fsp3) is 0.391. The van der Waals surface area contributed by atoms with Gasteiger partial charge in [0, 0.05) is 18.8 Å². The van der Waals surface area contributed by atoms with Gasteiger partial charge in [0.05, 0.1) is 22.7 Å². The molecule has 0 amide bonds. The largest absolute Gasteiger partial charge is 0.483 e. The quantitative estimate of drug-likeness (QED) is 0.281. The molecule has 0 aliphatic heterocycles. The van der Waals surface area contributed by atoms with Crippen molar-refractivity contribution in [2.45, 2.75) is 51.3 Å². The van der Waals surface area contributed by atoms with Gasteiger partial charge >= 0.3 is 17.7 Å². The summed E-state index contributed by atoms with van der Waals surface area (Å²) in [6, 6.07) is 7.84. The molecule has 0 spiro atoms. The monoisotopic (exact) mass is 508 g/mol. The van der Waals surface area contributed by atoms with Crippen LogP contribution in [0.3, 0.4) is 0 Å². The number of rotatable bonds is 11. The average molecular weight is 509 g/mol. The molecule has 0 aliphatic rings.